The van der Waals surface area contributed by atoms with Crippen LogP contribution in [0.15, 0.2) is 12.4 Å². The highest BCUT2D eigenvalue weighted by atomic mass is 31.2. The molecular weight excluding hydrogens is 247 g/mol. The Labute approximate surface area is 110 Å². The van der Waals surface area contributed by atoms with Crippen molar-refractivity contribution in [2.75, 3.05) is 6.61 Å². The quantitative estimate of drug-likeness (QED) is 0.781. The molecular formula is C14H25O3P. The van der Waals surface area contributed by atoms with Crippen LogP contribution in [0.25, 0.3) is 0 Å². The first kappa shape index (κ1) is 14.3. The number of rotatable bonds is 4. The lowest BCUT2D eigenvalue weighted by Gasteiger charge is -2.49. The van der Waals surface area contributed by atoms with Crippen LogP contribution in [-0.2, 0) is 9.09 Å². The fourth-order valence-corrected chi connectivity index (χ4v) is 4.93. The Kier molecular flexibility index (Phi) is 4.06. The molecule has 2 saturated carbocycles. The third-order valence-electron chi connectivity index (χ3n) is 4.54. The van der Waals surface area contributed by atoms with Gasteiger partial charge < -0.3 is 9.42 Å². The molecule has 2 rings (SSSR count). The van der Waals surface area contributed by atoms with Gasteiger partial charge in [0.05, 0.1) is 6.61 Å². The molecule has 0 heterocycles. The predicted molar refractivity (Wildman–Crippen MR) is 73.3 cm³/mol. The van der Waals surface area contributed by atoms with Gasteiger partial charge in [-0.25, -0.2) is 0 Å². The third kappa shape index (κ3) is 3.26. The van der Waals surface area contributed by atoms with Gasteiger partial charge in [0, 0.05) is 5.82 Å². The summed E-state index contributed by atoms with van der Waals surface area (Å²) in [5.74, 6) is 3.24. The van der Waals surface area contributed by atoms with E-state index in [2.05, 4.69) is 20.4 Å². The van der Waals surface area contributed by atoms with Crippen LogP contribution in [0.3, 0.4) is 0 Å². The molecule has 2 fully saturated rings. The summed E-state index contributed by atoms with van der Waals surface area (Å²) in [6, 6.07) is 0. The maximum Gasteiger partial charge on any atom is 0.351 e. The molecule has 3 atom stereocenters. The van der Waals surface area contributed by atoms with Crippen molar-refractivity contribution in [3.8, 4) is 0 Å². The summed E-state index contributed by atoms with van der Waals surface area (Å²) in [5.41, 5.74) is 0.126. The Balaban J connectivity index is 2.07. The SMILES string of the molecule is C=CP(=O)(O)OCC12CC(C)CC(CC(C)C1)C2. The topological polar surface area (TPSA) is 46.5 Å². The van der Waals surface area contributed by atoms with Crippen LogP contribution in [0.1, 0.15) is 46.0 Å². The van der Waals surface area contributed by atoms with Crippen molar-refractivity contribution in [2.24, 2.45) is 23.2 Å². The Bertz CT molecular complexity index is 347. The third-order valence-corrected chi connectivity index (χ3v) is 5.50. The fourth-order valence-electron chi connectivity index (χ4n) is 4.37. The van der Waals surface area contributed by atoms with E-state index in [9.17, 15) is 9.46 Å². The normalized spacial score (nSPS) is 43.2. The van der Waals surface area contributed by atoms with Crippen LogP contribution in [-0.4, -0.2) is 11.5 Å². The zero-order chi connectivity index (χ0) is 13.4. The summed E-state index contributed by atoms with van der Waals surface area (Å²) < 4.78 is 16.8. The molecule has 1 N–H and O–H groups in total. The van der Waals surface area contributed by atoms with Gasteiger partial charge in [0.2, 0.25) is 0 Å². The van der Waals surface area contributed by atoms with Gasteiger partial charge in [-0.1, -0.05) is 20.4 Å². The first-order valence-electron chi connectivity index (χ1n) is 6.95. The van der Waals surface area contributed by atoms with E-state index in [1.807, 2.05) is 0 Å². The Morgan fingerprint density at radius 1 is 1.33 bits per heavy atom. The van der Waals surface area contributed by atoms with Gasteiger partial charge in [-0.3, -0.25) is 4.57 Å². The van der Waals surface area contributed by atoms with Crippen LogP contribution in [0.2, 0.25) is 0 Å². The van der Waals surface area contributed by atoms with Gasteiger partial charge in [-0.15, -0.1) is 0 Å². The smallest absolute Gasteiger partial charge is 0.321 e. The molecule has 0 saturated heterocycles. The second kappa shape index (κ2) is 5.11. The lowest BCUT2D eigenvalue weighted by molar-refractivity contribution is -0.0183. The minimum Gasteiger partial charge on any atom is -0.321 e. The van der Waals surface area contributed by atoms with E-state index in [0.717, 1.165) is 24.6 Å². The molecule has 0 aromatic rings. The van der Waals surface area contributed by atoms with Gasteiger partial charge in [0.25, 0.3) is 0 Å². The predicted octanol–water partition coefficient (Wildman–Crippen LogP) is 4.18. The van der Waals surface area contributed by atoms with E-state index < -0.39 is 7.60 Å². The molecule has 0 aromatic carbocycles. The zero-order valence-corrected chi connectivity index (χ0v) is 12.4. The minimum atomic E-state index is -3.57. The summed E-state index contributed by atoms with van der Waals surface area (Å²) in [6.07, 6.45) is 6.05. The van der Waals surface area contributed by atoms with Crippen LogP contribution in [0.5, 0.6) is 0 Å². The molecule has 2 aliphatic carbocycles. The maximum atomic E-state index is 11.6. The van der Waals surface area contributed by atoms with Crippen LogP contribution in [0.4, 0.5) is 0 Å². The van der Waals surface area contributed by atoms with Crippen molar-refractivity contribution >= 4 is 7.60 Å². The molecule has 3 unspecified atom stereocenters. The van der Waals surface area contributed by atoms with Crippen molar-refractivity contribution in [3.63, 3.8) is 0 Å². The molecule has 18 heavy (non-hydrogen) atoms. The average molecular weight is 272 g/mol. The van der Waals surface area contributed by atoms with Gasteiger partial charge in [0.1, 0.15) is 0 Å². The first-order chi connectivity index (χ1) is 8.34. The van der Waals surface area contributed by atoms with E-state index in [-0.39, 0.29) is 5.41 Å². The van der Waals surface area contributed by atoms with Crippen molar-refractivity contribution < 1.29 is 14.0 Å². The molecule has 2 aliphatic rings. The average Bonchev–Trinajstić information content (AvgIpc) is 2.25. The number of hydrogen-bond acceptors (Lipinski definition) is 2. The van der Waals surface area contributed by atoms with Crippen molar-refractivity contribution in [3.05, 3.63) is 12.4 Å². The Hall–Kier alpha value is -0.110. The second-order valence-corrected chi connectivity index (χ2v) is 8.43. The van der Waals surface area contributed by atoms with E-state index >= 15 is 0 Å². The van der Waals surface area contributed by atoms with E-state index in [1.165, 1.54) is 19.3 Å². The van der Waals surface area contributed by atoms with Gasteiger partial charge >= 0.3 is 7.60 Å². The molecule has 104 valence electrons. The second-order valence-electron chi connectivity index (χ2n) is 6.68. The van der Waals surface area contributed by atoms with Crippen molar-refractivity contribution in [2.45, 2.75) is 46.0 Å². The molecule has 0 radical (unpaired) electrons. The van der Waals surface area contributed by atoms with Gasteiger partial charge in [-0.05, 0) is 55.3 Å². The molecule has 0 aromatic heterocycles. The van der Waals surface area contributed by atoms with E-state index in [0.29, 0.717) is 18.4 Å². The van der Waals surface area contributed by atoms with Gasteiger partial charge in [0.15, 0.2) is 0 Å². The highest BCUT2D eigenvalue weighted by Crippen LogP contribution is 2.55. The molecule has 0 amide bonds. The van der Waals surface area contributed by atoms with Crippen LogP contribution < -0.4 is 0 Å². The summed E-state index contributed by atoms with van der Waals surface area (Å²) in [7, 11) is -3.57. The first-order valence-corrected chi connectivity index (χ1v) is 8.59. The van der Waals surface area contributed by atoms with E-state index in [4.69, 9.17) is 4.52 Å². The largest absolute Gasteiger partial charge is 0.351 e. The molecule has 0 aliphatic heterocycles. The number of hydrogen-bond donors (Lipinski definition) is 1. The zero-order valence-electron chi connectivity index (χ0n) is 11.5. The van der Waals surface area contributed by atoms with Crippen molar-refractivity contribution in [1.29, 1.82) is 0 Å². The standard InChI is InChI=1S/C14H25O3P/c1-4-18(15,16)17-10-14-7-11(2)5-13(9-14)6-12(3)8-14/h4,11-13H,1,5-10H2,2-3H3,(H,15,16). The highest BCUT2D eigenvalue weighted by Gasteiger charge is 2.45. The van der Waals surface area contributed by atoms with Crippen LogP contribution >= 0.6 is 7.60 Å². The summed E-state index contributed by atoms with van der Waals surface area (Å²) in [4.78, 5) is 9.49. The lowest BCUT2D eigenvalue weighted by Crippen LogP contribution is -2.41. The van der Waals surface area contributed by atoms with Crippen molar-refractivity contribution in [1.82, 2.24) is 0 Å². The summed E-state index contributed by atoms with van der Waals surface area (Å²) in [6.45, 7) is 8.37. The summed E-state index contributed by atoms with van der Waals surface area (Å²) >= 11 is 0. The number of fused-ring (bicyclic) bond motifs is 2. The molecule has 3 nitrogen and oxygen atoms in total. The maximum absolute atomic E-state index is 11.6. The van der Waals surface area contributed by atoms with E-state index in [1.54, 1.807) is 0 Å². The Morgan fingerprint density at radius 2 is 1.89 bits per heavy atom. The molecule has 2 bridgehead atoms. The summed E-state index contributed by atoms with van der Waals surface area (Å²) in [5, 5.41) is 0. The Morgan fingerprint density at radius 3 is 2.39 bits per heavy atom. The highest BCUT2D eigenvalue weighted by molar-refractivity contribution is 7.56. The monoisotopic (exact) mass is 272 g/mol. The molecule has 0 spiro atoms. The lowest BCUT2D eigenvalue weighted by atomic mass is 9.57. The van der Waals surface area contributed by atoms with Gasteiger partial charge in [-0.2, -0.15) is 0 Å². The molecule has 4 heteroatoms. The minimum absolute atomic E-state index is 0.126. The van der Waals surface area contributed by atoms with Crippen LogP contribution in [0, 0.1) is 23.2 Å². The fraction of sp³-hybridized carbons (Fsp3) is 0.857.